The van der Waals surface area contributed by atoms with Crippen molar-refractivity contribution in [2.24, 2.45) is 5.92 Å². The van der Waals surface area contributed by atoms with Crippen molar-refractivity contribution < 1.29 is 17.6 Å². The Morgan fingerprint density at radius 3 is 2.82 bits per heavy atom. The topological polar surface area (TPSA) is 63.2 Å². The first-order valence-electron chi connectivity index (χ1n) is 7.61. The largest absolute Gasteiger partial charge is 0.352 e. The highest BCUT2D eigenvalue weighted by Crippen LogP contribution is 2.15. The lowest BCUT2D eigenvalue weighted by Crippen LogP contribution is -2.45. The first-order chi connectivity index (χ1) is 10.4. The predicted molar refractivity (Wildman–Crippen MR) is 83.7 cm³/mol. The zero-order valence-corrected chi connectivity index (χ0v) is 13.5. The maximum Gasteiger partial charge on any atom is 0.223 e. The summed E-state index contributed by atoms with van der Waals surface area (Å²) >= 11 is 0. The fourth-order valence-corrected chi connectivity index (χ4v) is 4.32. The fourth-order valence-electron chi connectivity index (χ4n) is 2.68. The Labute approximate surface area is 131 Å². The summed E-state index contributed by atoms with van der Waals surface area (Å²) in [5.74, 6) is -0.447. The summed E-state index contributed by atoms with van der Waals surface area (Å²) in [5, 5.41) is 2.81. The van der Waals surface area contributed by atoms with Crippen LogP contribution in [0.1, 0.15) is 31.7 Å². The molecule has 1 saturated heterocycles. The molecule has 0 bridgehead atoms. The number of rotatable bonds is 5. The highest BCUT2D eigenvalue weighted by molar-refractivity contribution is 7.91. The van der Waals surface area contributed by atoms with Crippen LogP contribution >= 0.6 is 0 Å². The zero-order valence-electron chi connectivity index (χ0n) is 12.7. The summed E-state index contributed by atoms with van der Waals surface area (Å²) in [5.41, 5.74) is 0.599. The van der Waals surface area contributed by atoms with Crippen molar-refractivity contribution in [3.05, 3.63) is 35.6 Å². The van der Waals surface area contributed by atoms with Gasteiger partial charge in [-0.1, -0.05) is 25.1 Å². The van der Waals surface area contributed by atoms with E-state index in [1.165, 1.54) is 6.07 Å². The van der Waals surface area contributed by atoms with Crippen LogP contribution in [0.3, 0.4) is 0 Å². The number of hydrogen-bond acceptors (Lipinski definition) is 3. The Morgan fingerprint density at radius 1 is 1.41 bits per heavy atom. The number of nitrogens with one attached hydrogen (secondary N) is 1. The molecule has 2 unspecified atom stereocenters. The number of carbonyl (C=O) groups is 1. The molecule has 1 aliphatic rings. The minimum absolute atomic E-state index is 0.0266. The van der Waals surface area contributed by atoms with Gasteiger partial charge in [-0.2, -0.15) is 0 Å². The van der Waals surface area contributed by atoms with E-state index in [1.807, 2.05) is 0 Å². The van der Waals surface area contributed by atoms with Gasteiger partial charge in [-0.3, -0.25) is 4.79 Å². The van der Waals surface area contributed by atoms with Crippen LogP contribution < -0.4 is 5.32 Å². The van der Waals surface area contributed by atoms with E-state index in [0.29, 0.717) is 31.2 Å². The molecular weight excluding hydrogens is 305 g/mol. The van der Waals surface area contributed by atoms with Crippen LogP contribution in [0.4, 0.5) is 4.39 Å². The number of sulfone groups is 1. The molecule has 0 spiro atoms. The molecule has 6 heteroatoms. The lowest BCUT2D eigenvalue weighted by atomic mass is 9.99. The summed E-state index contributed by atoms with van der Waals surface area (Å²) in [4.78, 5) is 12.1. The van der Waals surface area contributed by atoms with Crippen molar-refractivity contribution in [2.75, 3.05) is 11.5 Å². The van der Waals surface area contributed by atoms with Crippen molar-refractivity contribution in [3.8, 4) is 0 Å². The molecule has 2 rings (SSSR count). The molecule has 1 N–H and O–H groups in total. The lowest BCUT2D eigenvalue weighted by molar-refractivity contribution is -0.125. The quantitative estimate of drug-likeness (QED) is 0.901. The van der Waals surface area contributed by atoms with Crippen molar-refractivity contribution in [1.29, 1.82) is 0 Å². The molecule has 1 heterocycles. The zero-order chi connectivity index (χ0) is 16.2. The Hall–Kier alpha value is -1.43. The van der Waals surface area contributed by atoms with E-state index in [4.69, 9.17) is 0 Å². The second kappa shape index (κ2) is 7.22. The summed E-state index contributed by atoms with van der Waals surface area (Å²) in [6, 6.07) is 6.25. The summed E-state index contributed by atoms with van der Waals surface area (Å²) in [7, 11) is -3.03. The van der Waals surface area contributed by atoms with Crippen LogP contribution in [0, 0.1) is 11.7 Å². The van der Waals surface area contributed by atoms with Crippen LogP contribution in [-0.4, -0.2) is 31.9 Å². The molecule has 1 fully saturated rings. The average Bonchev–Trinajstić information content (AvgIpc) is 2.45. The predicted octanol–water partition coefficient (Wildman–Crippen LogP) is 2.09. The van der Waals surface area contributed by atoms with Crippen molar-refractivity contribution in [2.45, 2.75) is 38.6 Å². The molecule has 22 heavy (non-hydrogen) atoms. The van der Waals surface area contributed by atoms with Crippen LogP contribution in [0.15, 0.2) is 24.3 Å². The van der Waals surface area contributed by atoms with Gasteiger partial charge in [0.15, 0.2) is 9.84 Å². The van der Waals surface area contributed by atoms with Crippen molar-refractivity contribution in [3.63, 3.8) is 0 Å². The average molecular weight is 327 g/mol. The molecule has 122 valence electrons. The van der Waals surface area contributed by atoms with Gasteiger partial charge in [0.05, 0.1) is 11.5 Å². The third-order valence-electron chi connectivity index (χ3n) is 4.06. The summed E-state index contributed by atoms with van der Waals surface area (Å²) in [6.07, 6.45) is 2.32. The van der Waals surface area contributed by atoms with E-state index in [2.05, 4.69) is 5.32 Å². The fraction of sp³-hybridized carbons (Fsp3) is 0.562. The van der Waals surface area contributed by atoms with Gasteiger partial charge in [0.25, 0.3) is 0 Å². The maximum absolute atomic E-state index is 13.5. The van der Waals surface area contributed by atoms with Gasteiger partial charge in [-0.25, -0.2) is 12.8 Å². The van der Waals surface area contributed by atoms with Gasteiger partial charge in [0, 0.05) is 12.0 Å². The highest BCUT2D eigenvalue weighted by Gasteiger charge is 2.27. The normalized spacial score (nSPS) is 22.0. The Balaban J connectivity index is 1.83. The van der Waals surface area contributed by atoms with Gasteiger partial charge in [0.1, 0.15) is 5.82 Å². The smallest absolute Gasteiger partial charge is 0.223 e. The van der Waals surface area contributed by atoms with Gasteiger partial charge in [-0.15, -0.1) is 0 Å². The SMILES string of the molecule is CC(CCc1ccccc1F)C(=O)NC1CCCS(=O)(=O)C1. The number of aryl methyl sites for hydroxylation is 1. The van der Waals surface area contributed by atoms with Gasteiger partial charge >= 0.3 is 0 Å². The second-order valence-corrected chi connectivity index (χ2v) is 8.22. The van der Waals surface area contributed by atoms with Crippen LogP contribution in [0.25, 0.3) is 0 Å². The third kappa shape index (κ3) is 4.80. The summed E-state index contributed by atoms with van der Waals surface area (Å²) < 4.78 is 36.7. The molecule has 1 amide bonds. The van der Waals surface area contributed by atoms with E-state index in [9.17, 15) is 17.6 Å². The maximum atomic E-state index is 13.5. The Bertz CT molecular complexity index is 630. The number of carbonyl (C=O) groups excluding carboxylic acids is 1. The molecule has 4 nitrogen and oxygen atoms in total. The molecule has 0 radical (unpaired) electrons. The molecule has 1 aromatic carbocycles. The van der Waals surface area contributed by atoms with Crippen molar-refractivity contribution >= 4 is 15.7 Å². The number of amides is 1. The number of benzene rings is 1. The second-order valence-electron chi connectivity index (χ2n) is 5.99. The van der Waals surface area contributed by atoms with E-state index in [0.717, 1.165) is 0 Å². The summed E-state index contributed by atoms with van der Waals surface area (Å²) in [6.45, 7) is 1.79. The van der Waals surface area contributed by atoms with E-state index >= 15 is 0 Å². The van der Waals surface area contributed by atoms with Crippen LogP contribution in [0.2, 0.25) is 0 Å². The molecule has 1 aromatic rings. The van der Waals surface area contributed by atoms with E-state index in [-0.39, 0.29) is 35.2 Å². The molecule has 1 aliphatic heterocycles. The number of hydrogen-bond donors (Lipinski definition) is 1. The molecular formula is C16H22FNO3S. The van der Waals surface area contributed by atoms with Gasteiger partial charge < -0.3 is 5.32 Å². The Morgan fingerprint density at radius 2 is 2.14 bits per heavy atom. The van der Waals surface area contributed by atoms with E-state index in [1.54, 1.807) is 25.1 Å². The first kappa shape index (κ1) is 16.9. The van der Waals surface area contributed by atoms with Crippen LogP contribution in [0.5, 0.6) is 0 Å². The lowest BCUT2D eigenvalue weighted by Gasteiger charge is -2.24. The minimum atomic E-state index is -3.03. The highest BCUT2D eigenvalue weighted by atomic mass is 32.2. The van der Waals surface area contributed by atoms with E-state index < -0.39 is 9.84 Å². The molecule has 0 aromatic heterocycles. The Kier molecular flexibility index (Phi) is 5.56. The number of halogens is 1. The molecule has 0 aliphatic carbocycles. The third-order valence-corrected chi connectivity index (χ3v) is 5.88. The van der Waals surface area contributed by atoms with Gasteiger partial charge in [0.2, 0.25) is 5.91 Å². The molecule has 0 saturated carbocycles. The first-order valence-corrected chi connectivity index (χ1v) is 9.44. The van der Waals surface area contributed by atoms with Crippen LogP contribution in [-0.2, 0) is 21.1 Å². The molecule has 2 atom stereocenters. The monoisotopic (exact) mass is 327 g/mol. The minimum Gasteiger partial charge on any atom is -0.352 e. The van der Waals surface area contributed by atoms with Crippen molar-refractivity contribution in [1.82, 2.24) is 5.32 Å². The standard InChI is InChI=1S/C16H22FNO3S/c1-12(8-9-13-5-2-3-7-15(13)17)16(19)18-14-6-4-10-22(20,21)11-14/h2-3,5,7,12,14H,4,6,8-11H2,1H3,(H,18,19). The van der Waals surface area contributed by atoms with Gasteiger partial charge in [-0.05, 0) is 37.3 Å².